The fourth-order valence-electron chi connectivity index (χ4n) is 2.67. The molecule has 1 fully saturated rings. The molecule has 2 N–H and O–H groups in total. The summed E-state index contributed by atoms with van der Waals surface area (Å²) in [5, 5.41) is 5.32. The first-order valence-electron chi connectivity index (χ1n) is 6.72. The van der Waals surface area contributed by atoms with E-state index in [1.165, 1.54) is 19.3 Å². The van der Waals surface area contributed by atoms with E-state index in [4.69, 9.17) is 17.3 Å². The van der Waals surface area contributed by atoms with Crippen molar-refractivity contribution in [2.45, 2.75) is 25.7 Å². The van der Waals surface area contributed by atoms with Crippen LogP contribution in [0.4, 0.5) is 5.82 Å². The van der Waals surface area contributed by atoms with Crippen molar-refractivity contribution in [1.29, 1.82) is 0 Å². The molecule has 1 aromatic heterocycles. The van der Waals surface area contributed by atoms with Gasteiger partial charge in [-0.2, -0.15) is 5.10 Å². The lowest BCUT2D eigenvalue weighted by atomic mass is 9.81. The van der Waals surface area contributed by atoms with Crippen molar-refractivity contribution < 1.29 is 0 Å². The van der Waals surface area contributed by atoms with Crippen molar-refractivity contribution in [2.75, 3.05) is 5.73 Å². The number of anilines is 1. The van der Waals surface area contributed by atoms with Crippen molar-refractivity contribution in [1.82, 2.24) is 9.78 Å². The molecule has 0 amide bonds. The summed E-state index contributed by atoms with van der Waals surface area (Å²) in [5.74, 6) is 1.49. The monoisotopic (exact) mass is 275 g/mol. The minimum Gasteiger partial charge on any atom is -0.383 e. The van der Waals surface area contributed by atoms with Crippen LogP contribution in [-0.4, -0.2) is 9.78 Å². The summed E-state index contributed by atoms with van der Waals surface area (Å²) in [6, 6.07) is 7.84. The molecule has 3 rings (SSSR count). The van der Waals surface area contributed by atoms with Gasteiger partial charge >= 0.3 is 0 Å². The Morgan fingerprint density at radius 3 is 2.84 bits per heavy atom. The Bertz CT molecular complexity index is 599. The second-order valence-electron chi connectivity index (χ2n) is 5.34. The minimum absolute atomic E-state index is 0.719. The van der Waals surface area contributed by atoms with Gasteiger partial charge < -0.3 is 5.73 Å². The minimum atomic E-state index is 0.719. The van der Waals surface area contributed by atoms with E-state index in [2.05, 4.69) is 5.10 Å². The van der Waals surface area contributed by atoms with E-state index in [1.54, 1.807) is 4.68 Å². The van der Waals surface area contributed by atoms with Gasteiger partial charge in [0, 0.05) is 17.6 Å². The summed E-state index contributed by atoms with van der Waals surface area (Å²) >= 11 is 6.08. The number of hydrogen-bond donors (Lipinski definition) is 1. The standard InChI is InChI=1S/C15H18ClN3/c1-19-15(17)14(11-6-3-7-12(16)9-11)13(18-19)8-10-4-2-5-10/h3,6-7,9-10H,2,4-5,8,17H2,1H3. The van der Waals surface area contributed by atoms with Crippen molar-refractivity contribution >= 4 is 17.4 Å². The summed E-state index contributed by atoms with van der Waals surface area (Å²) in [5.41, 5.74) is 9.40. The lowest BCUT2D eigenvalue weighted by Crippen LogP contribution is -2.14. The Morgan fingerprint density at radius 1 is 1.42 bits per heavy atom. The maximum Gasteiger partial charge on any atom is 0.129 e. The van der Waals surface area contributed by atoms with E-state index in [-0.39, 0.29) is 0 Å². The fourth-order valence-corrected chi connectivity index (χ4v) is 2.86. The molecular formula is C15H18ClN3. The lowest BCUT2D eigenvalue weighted by Gasteiger charge is -2.24. The molecule has 4 heteroatoms. The molecule has 0 radical (unpaired) electrons. The SMILES string of the molecule is Cn1nc(CC2CCC2)c(-c2cccc(Cl)c2)c1N. The highest BCUT2D eigenvalue weighted by molar-refractivity contribution is 6.30. The van der Waals surface area contributed by atoms with Crippen molar-refractivity contribution in [3.63, 3.8) is 0 Å². The molecule has 1 aromatic carbocycles. The highest BCUT2D eigenvalue weighted by Gasteiger charge is 2.23. The number of hydrogen-bond acceptors (Lipinski definition) is 2. The third kappa shape index (κ3) is 2.35. The quantitative estimate of drug-likeness (QED) is 0.929. The maximum absolute atomic E-state index is 6.18. The molecule has 1 heterocycles. The lowest BCUT2D eigenvalue weighted by molar-refractivity contribution is 0.311. The van der Waals surface area contributed by atoms with Gasteiger partial charge in [-0.05, 0) is 30.0 Å². The molecule has 0 spiro atoms. The van der Waals surface area contributed by atoms with Crippen molar-refractivity contribution in [2.24, 2.45) is 13.0 Å². The van der Waals surface area contributed by atoms with Gasteiger partial charge in [0.1, 0.15) is 5.82 Å². The molecule has 0 saturated heterocycles. The van der Waals surface area contributed by atoms with Gasteiger partial charge in [0.25, 0.3) is 0 Å². The first-order chi connectivity index (χ1) is 9.15. The Morgan fingerprint density at radius 2 is 2.21 bits per heavy atom. The number of nitrogens with zero attached hydrogens (tertiary/aromatic N) is 2. The van der Waals surface area contributed by atoms with Crippen LogP contribution in [0.1, 0.15) is 25.0 Å². The van der Waals surface area contributed by atoms with Gasteiger partial charge in [-0.15, -0.1) is 0 Å². The van der Waals surface area contributed by atoms with Gasteiger partial charge in [-0.25, -0.2) is 0 Å². The Hall–Kier alpha value is -1.48. The molecule has 0 bridgehead atoms. The van der Waals surface area contributed by atoms with Crippen LogP contribution in [0.15, 0.2) is 24.3 Å². The van der Waals surface area contributed by atoms with E-state index in [9.17, 15) is 0 Å². The van der Waals surface area contributed by atoms with Gasteiger partial charge in [0.05, 0.1) is 5.69 Å². The molecule has 0 aliphatic heterocycles. The summed E-state index contributed by atoms with van der Waals surface area (Å²) < 4.78 is 1.77. The zero-order chi connectivity index (χ0) is 13.4. The molecule has 100 valence electrons. The first-order valence-corrected chi connectivity index (χ1v) is 7.10. The molecular weight excluding hydrogens is 258 g/mol. The van der Waals surface area contributed by atoms with Crippen LogP contribution >= 0.6 is 11.6 Å². The second kappa shape index (κ2) is 4.89. The van der Waals surface area contributed by atoms with E-state index >= 15 is 0 Å². The number of halogens is 1. The predicted octanol–water partition coefficient (Wildman–Crippen LogP) is 3.67. The summed E-state index contributed by atoms with van der Waals surface area (Å²) in [6.45, 7) is 0. The average Bonchev–Trinajstić information content (AvgIpc) is 2.60. The number of nitrogen functional groups attached to an aromatic ring is 1. The molecule has 0 unspecified atom stereocenters. The van der Waals surface area contributed by atoms with E-state index in [0.29, 0.717) is 0 Å². The predicted molar refractivity (Wildman–Crippen MR) is 79.1 cm³/mol. The largest absolute Gasteiger partial charge is 0.383 e. The zero-order valence-corrected chi connectivity index (χ0v) is 11.8. The van der Waals surface area contributed by atoms with Crippen LogP contribution in [0, 0.1) is 5.92 Å². The number of benzene rings is 1. The van der Waals surface area contributed by atoms with Crippen molar-refractivity contribution in [3.05, 3.63) is 35.0 Å². The van der Waals surface area contributed by atoms with Crippen molar-refractivity contribution in [3.8, 4) is 11.1 Å². The molecule has 1 saturated carbocycles. The molecule has 2 aromatic rings. The number of rotatable bonds is 3. The smallest absolute Gasteiger partial charge is 0.129 e. The summed E-state index contributed by atoms with van der Waals surface area (Å²) in [6.07, 6.45) is 4.99. The number of nitrogens with two attached hydrogens (primary N) is 1. The second-order valence-corrected chi connectivity index (χ2v) is 5.78. The van der Waals surface area contributed by atoms with Crippen LogP contribution in [0.5, 0.6) is 0 Å². The van der Waals surface area contributed by atoms with Gasteiger partial charge in [-0.1, -0.05) is 43.0 Å². The van der Waals surface area contributed by atoms with Crippen LogP contribution in [0.25, 0.3) is 11.1 Å². The third-order valence-corrected chi connectivity index (χ3v) is 4.22. The highest BCUT2D eigenvalue weighted by atomic mass is 35.5. The van der Waals surface area contributed by atoms with Gasteiger partial charge in [0.15, 0.2) is 0 Å². The Labute approximate surface area is 118 Å². The van der Waals surface area contributed by atoms with E-state index in [1.807, 2.05) is 31.3 Å². The number of aryl methyl sites for hydroxylation is 1. The Balaban J connectivity index is 2.02. The molecule has 1 aliphatic rings. The summed E-state index contributed by atoms with van der Waals surface area (Å²) in [7, 11) is 1.90. The third-order valence-electron chi connectivity index (χ3n) is 3.98. The molecule has 19 heavy (non-hydrogen) atoms. The fraction of sp³-hybridized carbons (Fsp3) is 0.400. The van der Waals surface area contributed by atoms with Crippen LogP contribution in [0.2, 0.25) is 5.02 Å². The normalized spacial score (nSPS) is 15.5. The van der Waals surface area contributed by atoms with E-state index < -0.39 is 0 Å². The first kappa shape index (κ1) is 12.5. The number of aromatic nitrogens is 2. The van der Waals surface area contributed by atoms with Crippen LogP contribution in [-0.2, 0) is 13.5 Å². The topological polar surface area (TPSA) is 43.8 Å². The molecule has 1 aliphatic carbocycles. The highest BCUT2D eigenvalue weighted by Crippen LogP contribution is 2.36. The van der Waals surface area contributed by atoms with Crippen LogP contribution in [0.3, 0.4) is 0 Å². The molecule has 0 atom stereocenters. The van der Waals surface area contributed by atoms with Gasteiger partial charge in [-0.3, -0.25) is 4.68 Å². The molecule has 3 nitrogen and oxygen atoms in total. The average molecular weight is 276 g/mol. The zero-order valence-electron chi connectivity index (χ0n) is 11.1. The van der Waals surface area contributed by atoms with Crippen LogP contribution < -0.4 is 5.73 Å². The maximum atomic E-state index is 6.18. The van der Waals surface area contributed by atoms with Gasteiger partial charge in [0.2, 0.25) is 0 Å². The Kier molecular flexibility index (Phi) is 3.23. The summed E-state index contributed by atoms with van der Waals surface area (Å²) in [4.78, 5) is 0. The van der Waals surface area contributed by atoms with E-state index in [0.717, 1.165) is 40.0 Å².